The highest BCUT2D eigenvalue weighted by Crippen LogP contribution is 1.87. The molecule has 0 saturated heterocycles. The van der Waals surface area contributed by atoms with Gasteiger partial charge in [0.1, 0.15) is 0 Å². The number of nitrogens with one attached hydrogen (secondary N) is 1. The van der Waals surface area contributed by atoms with Gasteiger partial charge >= 0.3 is 0 Å². The molecule has 40 valence electrons. The average Bonchev–Trinajstić information content (AvgIpc) is 1.65. The molecule has 0 spiro atoms. The fourth-order valence-corrected chi connectivity index (χ4v) is 0.271. The van der Waals surface area contributed by atoms with Crippen molar-refractivity contribution in [1.82, 2.24) is 0 Å². The standard InChI is InChI=1S/C4H7BrN2/c1-3-7(6)4(2)5/h3,6H,1H2,2H3/b7-4-,7-6?. The summed E-state index contributed by atoms with van der Waals surface area (Å²) in [6.07, 6.45) is 1.41. The van der Waals surface area contributed by atoms with E-state index < -0.39 is 0 Å². The highest BCUT2D eigenvalue weighted by atomic mass is 79.9. The van der Waals surface area contributed by atoms with Crippen molar-refractivity contribution in [1.29, 1.82) is 0 Å². The molecule has 0 atom stereocenters. The van der Waals surface area contributed by atoms with Crippen LogP contribution >= 0.6 is 15.9 Å². The molecule has 0 unspecified atom stereocenters. The second-order valence-corrected chi connectivity index (χ2v) is 2.20. The number of nitrogens with zero attached hydrogens (tertiary/aromatic N) is 1. The van der Waals surface area contributed by atoms with Crippen LogP contribution < -0.4 is 0 Å². The second kappa shape index (κ2) is 2.80. The monoisotopic (exact) mass is 162 g/mol. The maximum atomic E-state index is 6.91. The van der Waals surface area contributed by atoms with Gasteiger partial charge in [-0.1, -0.05) is 0 Å². The Morgan fingerprint density at radius 1 is 2.00 bits per heavy atom. The zero-order chi connectivity index (χ0) is 5.86. The molecule has 0 aromatic heterocycles. The predicted molar refractivity (Wildman–Crippen MR) is 34.4 cm³/mol. The first kappa shape index (κ1) is 6.69. The average molecular weight is 163 g/mol. The highest BCUT2D eigenvalue weighted by molar-refractivity contribution is 9.18. The van der Waals surface area contributed by atoms with E-state index in [4.69, 9.17) is 5.84 Å². The van der Waals surface area contributed by atoms with Crippen molar-refractivity contribution in [2.75, 3.05) is 0 Å². The Morgan fingerprint density at radius 3 is 2.43 bits per heavy atom. The molecule has 7 heavy (non-hydrogen) atoms. The van der Waals surface area contributed by atoms with Gasteiger partial charge in [-0.3, -0.25) is 0 Å². The third kappa shape index (κ3) is 2.39. The lowest BCUT2D eigenvalue weighted by atomic mass is 10.8. The SMILES string of the molecule is C=C/[N+]([NH-])=C(\C)Br. The Balaban J connectivity index is 3.98. The molecule has 0 bridgehead atoms. The first-order valence-electron chi connectivity index (χ1n) is 1.80. The van der Waals surface area contributed by atoms with Crippen molar-refractivity contribution in [3.8, 4) is 0 Å². The third-order valence-corrected chi connectivity index (χ3v) is 0.897. The Kier molecular flexibility index (Phi) is 2.67. The van der Waals surface area contributed by atoms with Crippen LogP contribution in [0.2, 0.25) is 0 Å². The number of hydrogen-bond donors (Lipinski definition) is 0. The Labute approximate surface area is 51.4 Å². The van der Waals surface area contributed by atoms with Crippen LogP contribution in [0.1, 0.15) is 6.92 Å². The largest absolute Gasteiger partial charge is 0.448 e. The van der Waals surface area contributed by atoms with E-state index in [0.29, 0.717) is 0 Å². The molecule has 3 heteroatoms. The van der Waals surface area contributed by atoms with Gasteiger partial charge in [0.2, 0.25) is 4.62 Å². The zero-order valence-electron chi connectivity index (χ0n) is 4.11. The van der Waals surface area contributed by atoms with Gasteiger partial charge in [-0.2, -0.15) is 0 Å². The normalized spacial score (nSPS) is 12.9. The lowest BCUT2D eigenvalue weighted by molar-refractivity contribution is -0.375. The van der Waals surface area contributed by atoms with Gasteiger partial charge in [0, 0.05) is 22.9 Å². The number of rotatable bonds is 1. The van der Waals surface area contributed by atoms with Gasteiger partial charge in [0.05, 0.1) is 0 Å². The highest BCUT2D eigenvalue weighted by Gasteiger charge is 1.85. The summed E-state index contributed by atoms with van der Waals surface area (Å²) < 4.78 is 1.88. The molecule has 0 fully saturated rings. The Hall–Kier alpha value is -0.310. The molecule has 0 rings (SSSR count). The summed E-state index contributed by atoms with van der Waals surface area (Å²) in [7, 11) is 0. The fraction of sp³-hybridized carbons (Fsp3) is 0.250. The van der Waals surface area contributed by atoms with E-state index in [2.05, 4.69) is 22.5 Å². The van der Waals surface area contributed by atoms with Crippen LogP contribution in [0.4, 0.5) is 0 Å². The van der Waals surface area contributed by atoms with Crippen LogP contribution in [-0.4, -0.2) is 9.31 Å². The Morgan fingerprint density at radius 2 is 2.43 bits per heavy atom. The van der Waals surface area contributed by atoms with Crippen molar-refractivity contribution >= 4 is 20.6 Å². The van der Waals surface area contributed by atoms with E-state index in [9.17, 15) is 0 Å². The minimum Gasteiger partial charge on any atom is -0.448 e. The van der Waals surface area contributed by atoms with Crippen molar-refractivity contribution in [2.45, 2.75) is 6.92 Å². The van der Waals surface area contributed by atoms with Crippen molar-refractivity contribution in [3.63, 3.8) is 0 Å². The van der Waals surface area contributed by atoms with Gasteiger partial charge in [-0.25, -0.2) is 4.68 Å². The van der Waals surface area contributed by atoms with E-state index >= 15 is 0 Å². The lowest BCUT2D eigenvalue weighted by Gasteiger charge is -1.92. The minimum absolute atomic E-state index is 0.738. The van der Waals surface area contributed by atoms with Crippen LogP contribution in [0.3, 0.4) is 0 Å². The number of hydrogen-bond acceptors (Lipinski definition) is 0. The van der Waals surface area contributed by atoms with Gasteiger partial charge in [-0.05, 0) is 6.58 Å². The molecule has 0 radical (unpaired) electrons. The zero-order valence-corrected chi connectivity index (χ0v) is 5.70. The van der Waals surface area contributed by atoms with E-state index in [0.717, 1.165) is 9.31 Å². The fourth-order valence-electron chi connectivity index (χ4n) is 0.126. The van der Waals surface area contributed by atoms with Gasteiger partial charge in [0.15, 0.2) is 6.20 Å². The summed E-state index contributed by atoms with van der Waals surface area (Å²) in [5.41, 5.74) is 0. The van der Waals surface area contributed by atoms with Crippen LogP contribution in [0.15, 0.2) is 12.8 Å². The summed E-state index contributed by atoms with van der Waals surface area (Å²) in [4.78, 5) is 0. The molecule has 0 aliphatic heterocycles. The van der Waals surface area contributed by atoms with Gasteiger partial charge in [-0.15, -0.1) is 0 Å². The maximum absolute atomic E-state index is 6.91. The summed E-state index contributed by atoms with van der Waals surface area (Å²) in [6.45, 7) is 5.14. The maximum Gasteiger partial charge on any atom is 0.216 e. The van der Waals surface area contributed by atoms with Crippen molar-refractivity contribution in [3.05, 3.63) is 18.6 Å². The molecule has 0 amide bonds. The van der Waals surface area contributed by atoms with Crippen LogP contribution in [0, 0.1) is 0 Å². The van der Waals surface area contributed by atoms with Crippen molar-refractivity contribution < 1.29 is 4.68 Å². The molecule has 0 aliphatic rings. The topological polar surface area (TPSA) is 26.8 Å². The quantitative estimate of drug-likeness (QED) is 0.320. The molecule has 0 heterocycles. The molecular weight excluding hydrogens is 156 g/mol. The first-order chi connectivity index (χ1) is 3.18. The first-order valence-corrected chi connectivity index (χ1v) is 2.60. The Bertz CT molecular complexity index is 102. The summed E-state index contributed by atoms with van der Waals surface area (Å²) >= 11 is 3.08. The van der Waals surface area contributed by atoms with Crippen LogP contribution in [-0.2, 0) is 0 Å². The summed E-state index contributed by atoms with van der Waals surface area (Å²) in [6, 6.07) is 0. The molecule has 0 aromatic rings. The van der Waals surface area contributed by atoms with Gasteiger partial charge in [0.25, 0.3) is 0 Å². The van der Waals surface area contributed by atoms with Gasteiger partial charge < -0.3 is 5.84 Å². The molecule has 0 aromatic carbocycles. The van der Waals surface area contributed by atoms with Crippen LogP contribution in [0.25, 0.3) is 5.84 Å². The predicted octanol–water partition coefficient (Wildman–Crippen LogP) is 1.92. The van der Waals surface area contributed by atoms with E-state index in [1.54, 1.807) is 6.92 Å². The number of halogens is 1. The summed E-state index contributed by atoms with van der Waals surface area (Å²) in [5.74, 6) is 6.91. The summed E-state index contributed by atoms with van der Waals surface area (Å²) in [5, 5.41) is 0. The third-order valence-electron chi connectivity index (χ3n) is 0.515. The molecular formula is C4H7BrN2. The molecule has 0 aliphatic carbocycles. The smallest absolute Gasteiger partial charge is 0.216 e. The van der Waals surface area contributed by atoms with E-state index in [1.165, 1.54) is 6.20 Å². The van der Waals surface area contributed by atoms with Crippen LogP contribution in [0.5, 0.6) is 0 Å². The van der Waals surface area contributed by atoms with E-state index in [-0.39, 0.29) is 0 Å². The second-order valence-electron chi connectivity index (χ2n) is 1.05. The molecule has 0 saturated carbocycles. The minimum atomic E-state index is 0.738. The molecule has 2 nitrogen and oxygen atoms in total. The lowest BCUT2D eigenvalue weighted by Crippen LogP contribution is -1.94. The van der Waals surface area contributed by atoms with Crippen molar-refractivity contribution in [2.24, 2.45) is 0 Å². The molecule has 1 N–H and O–H groups in total. The van der Waals surface area contributed by atoms with E-state index in [1.807, 2.05) is 0 Å².